The Morgan fingerprint density at radius 1 is 1.54 bits per heavy atom. The molecule has 5 heteroatoms. The van der Waals surface area contributed by atoms with Crippen molar-refractivity contribution in [2.75, 3.05) is 0 Å². The summed E-state index contributed by atoms with van der Waals surface area (Å²) in [5.41, 5.74) is -0.645. The molecular formula is C8H11NO4. The fraction of sp³-hybridized carbons (Fsp3) is 0.500. The monoisotopic (exact) mass is 185 g/mol. The smallest absolute Gasteiger partial charge is 0.372 e. The van der Waals surface area contributed by atoms with E-state index in [0.29, 0.717) is 5.69 Å². The largest absolute Gasteiger partial charge is 0.477 e. The fourth-order valence-electron chi connectivity index (χ4n) is 1.33. The highest BCUT2D eigenvalue weighted by atomic mass is 16.5. The second-order valence-corrected chi connectivity index (χ2v) is 3.10. The van der Waals surface area contributed by atoms with Gasteiger partial charge in [-0.2, -0.15) is 0 Å². The highest BCUT2D eigenvalue weighted by molar-refractivity contribution is 5.88. The van der Waals surface area contributed by atoms with Gasteiger partial charge in [0.1, 0.15) is 0 Å². The van der Waals surface area contributed by atoms with E-state index in [4.69, 9.17) is 5.11 Å². The molecule has 0 aliphatic heterocycles. The van der Waals surface area contributed by atoms with Crippen molar-refractivity contribution in [3.63, 3.8) is 0 Å². The van der Waals surface area contributed by atoms with Crippen molar-refractivity contribution in [2.24, 2.45) is 7.05 Å². The predicted molar refractivity (Wildman–Crippen MR) is 45.0 cm³/mol. The Bertz CT molecular complexity index is 385. The lowest BCUT2D eigenvalue weighted by Crippen LogP contribution is -2.12. The minimum atomic E-state index is -1.24. The normalized spacial score (nSPS) is 10.8. The van der Waals surface area contributed by atoms with E-state index in [1.54, 1.807) is 13.8 Å². The minimum Gasteiger partial charge on any atom is -0.477 e. The van der Waals surface area contributed by atoms with Gasteiger partial charge in [-0.25, -0.2) is 14.3 Å². The summed E-state index contributed by atoms with van der Waals surface area (Å²) >= 11 is 0. The highest BCUT2D eigenvalue weighted by Crippen LogP contribution is 2.16. The van der Waals surface area contributed by atoms with Gasteiger partial charge in [0.2, 0.25) is 0 Å². The van der Waals surface area contributed by atoms with E-state index < -0.39 is 11.6 Å². The summed E-state index contributed by atoms with van der Waals surface area (Å²) in [4.78, 5) is 21.7. The summed E-state index contributed by atoms with van der Waals surface area (Å²) in [6.07, 6.45) is 0. The van der Waals surface area contributed by atoms with E-state index in [0.717, 1.165) is 0 Å². The second kappa shape index (κ2) is 3.08. The Balaban J connectivity index is 3.47. The number of rotatable bonds is 2. The first-order valence-electron chi connectivity index (χ1n) is 3.88. The van der Waals surface area contributed by atoms with Gasteiger partial charge in [-0.3, -0.25) is 0 Å². The van der Waals surface area contributed by atoms with Crippen LogP contribution in [-0.4, -0.2) is 15.8 Å². The summed E-state index contributed by atoms with van der Waals surface area (Å²) in [6.45, 7) is 3.60. The van der Waals surface area contributed by atoms with Crippen LogP contribution in [0.1, 0.15) is 35.8 Å². The van der Waals surface area contributed by atoms with E-state index in [2.05, 4.69) is 4.52 Å². The van der Waals surface area contributed by atoms with Crippen LogP contribution in [0.2, 0.25) is 0 Å². The van der Waals surface area contributed by atoms with Gasteiger partial charge < -0.3 is 9.63 Å². The Hall–Kier alpha value is -1.52. The fourth-order valence-corrected chi connectivity index (χ4v) is 1.33. The van der Waals surface area contributed by atoms with Crippen molar-refractivity contribution in [1.82, 2.24) is 4.74 Å². The predicted octanol–water partition coefficient (Wildman–Crippen LogP) is 0.800. The van der Waals surface area contributed by atoms with Gasteiger partial charge in [0.25, 0.3) is 0 Å². The molecule has 0 amide bonds. The molecule has 0 aromatic carbocycles. The molecule has 1 aromatic rings. The van der Waals surface area contributed by atoms with Crippen molar-refractivity contribution in [3.05, 3.63) is 21.7 Å². The lowest BCUT2D eigenvalue weighted by atomic mass is 10.1. The number of carbonyl (C=O) groups is 1. The summed E-state index contributed by atoms with van der Waals surface area (Å²) in [6, 6.07) is 0. The molecule has 0 bridgehead atoms. The number of aromatic carboxylic acids is 1. The summed E-state index contributed by atoms with van der Waals surface area (Å²) in [7, 11) is 1.52. The average Bonchev–Trinajstić information content (AvgIpc) is 2.24. The molecule has 13 heavy (non-hydrogen) atoms. The first-order valence-corrected chi connectivity index (χ1v) is 3.88. The lowest BCUT2D eigenvalue weighted by molar-refractivity contribution is 0.0693. The molecule has 5 nitrogen and oxygen atoms in total. The van der Waals surface area contributed by atoms with Crippen LogP contribution in [-0.2, 0) is 7.05 Å². The van der Waals surface area contributed by atoms with Gasteiger partial charge in [-0.1, -0.05) is 13.8 Å². The Morgan fingerprint density at radius 2 is 2.08 bits per heavy atom. The lowest BCUT2D eigenvalue weighted by Gasteiger charge is -2.04. The first-order chi connectivity index (χ1) is 5.95. The zero-order valence-corrected chi connectivity index (χ0v) is 7.70. The molecular weight excluding hydrogens is 174 g/mol. The molecule has 72 valence electrons. The summed E-state index contributed by atoms with van der Waals surface area (Å²) < 4.78 is 5.85. The third-order valence-corrected chi connectivity index (χ3v) is 1.78. The minimum absolute atomic E-state index is 0.0532. The van der Waals surface area contributed by atoms with Gasteiger partial charge in [0.15, 0.2) is 5.56 Å². The van der Waals surface area contributed by atoms with Crippen LogP contribution >= 0.6 is 0 Å². The zero-order valence-electron chi connectivity index (χ0n) is 7.70. The molecule has 0 spiro atoms. The average molecular weight is 185 g/mol. The maximum absolute atomic E-state index is 11.0. The Morgan fingerprint density at radius 3 is 2.38 bits per heavy atom. The molecule has 0 radical (unpaired) electrons. The number of hydrogen-bond acceptors (Lipinski definition) is 3. The van der Waals surface area contributed by atoms with Crippen LogP contribution in [0, 0.1) is 0 Å². The molecule has 0 aliphatic carbocycles. The zero-order chi connectivity index (χ0) is 10.2. The van der Waals surface area contributed by atoms with E-state index in [-0.39, 0.29) is 11.5 Å². The van der Waals surface area contributed by atoms with Crippen LogP contribution in [0.5, 0.6) is 0 Å². The van der Waals surface area contributed by atoms with Crippen LogP contribution < -0.4 is 5.63 Å². The maximum Gasteiger partial charge on any atom is 0.372 e. The molecule has 0 saturated heterocycles. The van der Waals surface area contributed by atoms with Crippen LogP contribution in [0.15, 0.2) is 9.32 Å². The number of carboxylic acid groups (broad SMARTS) is 1. The maximum atomic E-state index is 11.0. The van der Waals surface area contributed by atoms with E-state index >= 15 is 0 Å². The number of nitrogens with zero attached hydrogens (tertiary/aromatic N) is 1. The molecule has 0 aliphatic rings. The molecule has 0 saturated carbocycles. The third-order valence-electron chi connectivity index (χ3n) is 1.78. The van der Waals surface area contributed by atoms with Gasteiger partial charge in [-0.15, -0.1) is 0 Å². The number of aryl methyl sites for hydroxylation is 1. The molecule has 1 aromatic heterocycles. The highest BCUT2D eigenvalue weighted by Gasteiger charge is 2.23. The SMILES string of the molecule is CC(C)c1c(C(=O)O)c(=O)on1C. The molecule has 1 rings (SSSR count). The standard InChI is InChI=1S/C8H11NO4/c1-4(2)6-5(7(10)11)8(12)13-9(6)3/h4H,1-3H3,(H,10,11). The van der Waals surface area contributed by atoms with Crippen LogP contribution in [0.3, 0.4) is 0 Å². The number of carboxylic acids is 1. The third kappa shape index (κ3) is 1.49. The van der Waals surface area contributed by atoms with Crippen molar-refractivity contribution in [3.8, 4) is 0 Å². The first kappa shape index (κ1) is 9.57. The number of aromatic nitrogens is 1. The van der Waals surface area contributed by atoms with Gasteiger partial charge in [0.05, 0.1) is 5.69 Å². The second-order valence-electron chi connectivity index (χ2n) is 3.10. The van der Waals surface area contributed by atoms with E-state index in [9.17, 15) is 9.59 Å². The number of hydrogen-bond donors (Lipinski definition) is 1. The molecule has 1 N–H and O–H groups in total. The van der Waals surface area contributed by atoms with E-state index in [1.807, 2.05) is 0 Å². The topological polar surface area (TPSA) is 72.4 Å². The van der Waals surface area contributed by atoms with E-state index in [1.165, 1.54) is 11.8 Å². The molecule has 1 heterocycles. The van der Waals surface area contributed by atoms with Gasteiger partial charge >= 0.3 is 11.6 Å². The molecule has 0 fully saturated rings. The van der Waals surface area contributed by atoms with Crippen molar-refractivity contribution >= 4 is 5.97 Å². The summed E-state index contributed by atoms with van der Waals surface area (Å²) in [5, 5.41) is 8.74. The van der Waals surface area contributed by atoms with Crippen molar-refractivity contribution in [1.29, 1.82) is 0 Å². The van der Waals surface area contributed by atoms with Gasteiger partial charge in [0, 0.05) is 7.05 Å². The van der Waals surface area contributed by atoms with Crippen molar-refractivity contribution in [2.45, 2.75) is 19.8 Å². The Labute approximate surface area is 74.5 Å². The quantitative estimate of drug-likeness (QED) is 0.739. The molecule has 0 unspecified atom stereocenters. The van der Waals surface area contributed by atoms with Crippen LogP contribution in [0.25, 0.3) is 0 Å². The van der Waals surface area contributed by atoms with Crippen LogP contribution in [0.4, 0.5) is 0 Å². The van der Waals surface area contributed by atoms with Crippen molar-refractivity contribution < 1.29 is 14.4 Å². The summed E-state index contributed by atoms with van der Waals surface area (Å²) in [5.74, 6) is -1.29. The van der Waals surface area contributed by atoms with Gasteiger partial charge in [-0.05, 0) is 5.92 Å². The molecule has 0 atom stereocenters. The Kier molecular flexibility index (Phi) is 2.27.